The van der Waals surface area contributed by atoms with Crippen molar-refractivity contribution in [1.82, 2.24) is 5.32 Å². The van der Waals surface area contributed by atoms with Crippen LogP contribution in [-0.2, 0) is 15.7 Å². The summed E-state index contributed by atoms with van der Waals surface area (Å²) in [5.41, 5.74) is -2.34. The number of hydrogen-bond acceptors (Lipinski definition) is 3. The molecular formula is C11H9F4NO3. The van der Waals surface area contributed by atoms with Gasteiger partial charge in [0.25, 0.3) is 5.91 Å². The molecule has 0 saturated heterocycles. The van der Waals surface area contributed by atoms with Crippen molar-refractivity contribution in [3.05, 3.63) is 35.1 Å². The molecule has 8 heteroatoms. The van der Waals surface area contributed by atoms with Crippen molar-refractivity contribution in [2.75, 3.05) is 13.7 Å². The molecule has 1 rings (SSSR count). The molecule has 0 unspecified atom stereocenters. The molecule has 0 atom stereocenters. The van der Waals surface area contributed by atoms with Gasteiger partial charge in [0.1, 0.15) is 12.4 Å². The quantitative estimate of drug-likeness (QED) is 0.677. The van der Waals surface area contributed by atoms with Gasteiger partial charge in [0.15, 0.2) is 0 Å². The Morgan fingerprint density at radius 1 is 1.32 bits per heavy atom. The molecule has 19 heavy (non-hydrogen) atoms. The molecule has 0 saturated carbocycles. The van der Waals surface area contributed by atoms with Crippen LogP contribution in [0.15, 0.2) is 18.2 Å². The number of halogens is 4. The first kappa shape index (κ1) is 14.9. The number of alkyl halides is 3. The molecule has 1 aromatic carbocycles. The average molecular weight is 279 g/mol. The third-order valence-corrected chi connectivity index (χ3v) is 2.17. The molecule has 1 aromatic rings. The fourth-order valence-corrected chi connectivity index (χ4v) is 1.25. The van der Waals surface area contributed by atoms with Crippen LogP contribution in [0.3, 0.4) is 0 Å². The Bertz CT molecular complexity index is 499. The molecule has 0 bridgehead atoms. The first-order valence-electron chi connectivity index (χ1n) is 4.98. The number of esters is 1. The predicted molar refractivity (Wildman–Crippen MR) is 55.8 cm³/mol. The number of hydrogen-bond donors (Lipinski definition) is 1. The normalized spacial score (nSPS) is 11.0. The Kier molecular flexibility index (Phi) is 4.47. The summed E-state index contributed by atoms with van der Waals surface area (Å²) in [4.78, 5) is 22.2. The zero-order valence-electron chi connectivity index (χ0n) is 9.68. The molecule has 0 aliphatic carbocycles. The number of benzene rings is 1. The minimum Gasteiger partial charge on any atom is -0.468 e. The van der Waals surface area contributed by atoms with E-state index in [4.69, 9.17) is 0 Å². The van der Waals surface area contributed by atoms with Crippen molar-refractivity contribution in [1.29, 1.82) is 0 Å². The van der Waals surface area contributed by atoms with E-state index in [9.17, 15) is 27.2 Å². The Morgan fingerprint density at radius 3 is 2.47 bits per heavy atom. The third kappa shape index (κ3) is 3.67. The maximum Gasteiger partial charge on any atom is 0.419 e. The molecular weight excluding hydrogens is 270 g/mol. The SMILES string of the molecule is COC(=O)CNC(=O)c1cccc(C(F)(F)F)c1F. The molecule has 0 radical (unpaired) electrons. The molecule has 1 amide bonds. The molecule has 104 valence electrons. The van der Waals surface area contributed by atoms with Gasteiger partial charge in [-0.2, -0.15) is 13.2 Å². The largest absolute Gasteiger partial charge is 0.468 e. The summed E-state index contributed by atoms with van der Waals surface area (Å²) in [5, 5.41) is 1.95. The van der Waals surface area contributed by atoms with Gasteiger partial charge >= 0.3 is 12.1 Å². The summed E-state index contributed by atoms with van der Waals surface area (Å²) in [6, 6.07) is 2.31. The van der Waals surface area contributed by atoms with Crippen molar-refractivity contribution in [3.63, 3.8) is 0 Å². The lowest BCUT2D eigenvalue weighted by Crippen LogP contribution is -2.31. The fraction of sp³-hybridized carbons (Fsp3) is 0.273. The lowest BCUT2D eigenvalue weighted by Gasteiger charge is -2.11. The van der Waals surface area contributed by atoms with Crippen LogP contribution in [0.2, 0.25) is 0 Å². The highest BCUT2D eigenvalue weighted by Gasteiger charge is 2.35. The van der Waals surface area contributed by atoms with E-state index in [0.29, 0.717) is 6.07 Å². The lowest BCUT2D eigenvalue weighted by atomic mass is 10.1. The zero-order chi connectivity index (χ0) is 14.6. The standard InChI is InChI=1S/C11H9F4NO3/c1-19-8(17)5-16-10(18)6-3-2-4-7(9(6)12)11(13,14)15/h2-4H,5H2,1H3,(H,16,18). The predicted octanol–water partition coefficient (Wildman–Crippen LogP) is 1.75. The number of amides is 1. The molecule has 0 spiro atoms. The Hall–Kier alpha value is -2.12. The van der Waals surface area contributed by atoms with Crippen LogP contribution >= 0.6 is 0 Å². The fourth-order valence-electron chi connectivity index (χ4n) is 1.25. The Morgan fingerprint density at radius 2 is 1.95 bits per heavy atom. The van der Waals surface area contributed by atoms with E-state index in [2.05, 4.69) is 4.74 Å². The zero-order valence-corrected chi connectivity index (χ0v) is 9.68. The monoisotopic (exact) mass is 279 g/mol. The van der Waals surface area contributed by atoms with Crippen LogP contribution in [-0.4, -0.2) is 25.5 Å². The highest BCUT2D eigenvalue weighted by atomic mass is 19.4. The van der Waals surface area contributed by atoms with Crippen molar-refractivity contribution < 1.29 is 31.9 Å². The minimum atomic E-state index is -4.90. The molecule has 0 aliphatic heterocycles. The van der Waals surface area contributed by atoms with E-state index in [0.717, 1.165) is 19.2 Å². The van der Waals surface area contributed by atoms with Crippen LogP contribution in [0.1, 0.15) is 15.9 Å². The second-order valence-electron chi connectivity index (χ2n) is 3.42. The molecule has 0 heterocycles. The summed E-state index contributed by atoms with van der Waals surface area (Å²) in [6.07, 6.45) is -4.90. The van der Waals surface area contributed by atoms with E-state index in [1.807, 2.05) is 5.32 Å². The number of rotatable bonds is 3. The summed E-state index contributed by atoms with van der Waals surface area (Å²) in [5.74, 6) is -3.62. The first-order valence-corrected chi connectivity index (χ1v) is 4.98. The van der Waals surface area contributed by atoms with E-state index >= 15 is 0 Å². The summed E-state index contributed by atoms with van der Waals surface area (Å²) in [6.45, 7) is -0.564. The first-order chi connectivity index (χ1) is 8.77. The average Bonchev–Trinajstić information content (AvgIpc) is 2.34. The van der Waals surface area contributed by atoms with Gasteiger partial charge in [0.2, 0.25) is 0 Å². The number of nitrogens with one attached hydrogen (secondary N) is 1. The molecule has 0 aromatic heterocycles. The van der Waals surface area contributed by atoms with Gasteiger partial charge in [0, 0.05) is 0 Å². The topological polar surface area (TPSA) is 55.4 Å². The van der Waals surface area contributed by atoms with Crippen molar-refractivity contribution >= 4 is 11.9 Å². The van der Waals surface area contributed by atoms with E-state index < -0.39 is 41.5 Å². The van der Waals surface area contributed by atoms with E-state index in [1.165, 1.54) is 0 Å². The van der Waals surface area contributed by atoms with Gasteiger partial charge in [-0.1, -0.05) is 6.07 Å². The third-order valence-electron chi connectivity index (χ3n) is 2.17. The van der Waals surface area contributed by atoms with Crippen LogP contribution in [0, 0.1) is 5.82 Å². The lowest BCUT2D eigenvalue weighted by molar-refractivity contribution is -0.140. The number of ether oxygens (including phenoxy) is 1. The van der Waals surface area contributed by atoms with Crippen molar-refractivity contribution in [2.45, 2.75) is 6.18 Å². The molecule has 4 nitrogen and oxygen atoms in total. The minimum absolute atomic E-state index is 0.520. The van der Waals surface area contributed by atoms with Crippen LogP contribution < -0.4 is 5.32 Å². The molecule has 1 N–H and O–H groups in total. The van der Waals surface area contributed by atoms with Crippen LogP contribution in [0.5, 0.6) is 0 Å². The van der Waals surface area contributed by atoms with Gasteiger partial charge in [-0.25, -0.2) is 4.39 Å². The Balaban J connectivity index is 2.96. The smallest absolute Gasteiger partial charge is 0.419 e. The van der Waals surface area contributed by atoms with Crippen molar-refractivity contribution in [3.8, 4) is 0 Å². The molecule has 0 aliphatic rings. The second-order valence-corrected chi connectivity index (χ2v) is 3.42. The highest BCUT2D eigenvalue weighted by molar-refractivity contribution is 5.96. The van der Waals surface area contributed by atoms with Gasteiger partial charge in [0.05, 0.1) is 18.2 Å². The van der Waals surface area contributed by atoms with Gasteiger partial charge < -0.3 is 10.1 Å². The number of carbonyl (C=O) groups is 2. The van der Waals surface area contributed by atoms with Crippen LogP contribution in [0.25, 0.3) is 0 Å². The van der Waals surface area contributed by atoms with Gasteiger partial charge in [-0.3, -0.25) is 9.59 Å². The summed E-state index contributed by atoms with van der Waals surface area (Å²) < 4.78 is 55.0. The molecule has 0 fully saturated rings. The van der Waals surface area contributed by atoms with Crippen molar-refractivity contribution in [2.24, 2.45) is 0 Å². The van der Waals surface area contributed by atoms with Crippen LogP contribution in [0.4, 0.5) is 17.6 Å². The van der Waals surface area contributed by atoms with Gasteiger partial charge in [-0.15, -0.1) is 0 Å². The summed E-state index contributed by atoms with van der Waals surface area (Å²) in [7, 11) is 1.07. The number of carbonyl (C=O) groups excluding carboxylic acids is 2. The van der Waals surface area contributed by atoms with E-state index in [-0.39, 0.29) is 0 Å². The Labute approximate surface area is 105 Å². The van der Waals surface area contributed by atoms with Gasteiger partial charge in [-0.05, 0) is 12.1 Å². The maximum absolute atomic E-state index is 13.5. The summed E-state index contributed by atoms with van der Waals surface area (Å²) >= 11 is 0. The maximum atomic E-state index is 13.5. The van der Waals surface area contributed by atoms with E-state index in [1.54, 1.807) is 0 Å². The highest BCUT2D eigenvalue weighted by Crippen LogP contribution is 2.32. The number of methoxy groups -OCH3 is 1. The second kappa shape index (κ2) is 5.68.